The molecule has 1 aliphatic heterocycles. The second-order valence-corrected chi connectivity index (χ2v) is 6.20. The molecule has 21 heavy (non-hydrogen) atoms. The summed E-state index contributed by atoms with van der Waals surface area (Å²) in [6.45, 7) is 0. The van der Waals surface area contributed by atoms with Crippen LogP contribution in [0.25, 0.3) is 21.1 Å². The van der Waals surface area contributed by atoms with E-state index in [0.717, 1.165) is 21.7 Å². The standard InChI is InChI=1S/C16H13FN2OS/c1-20-11-2-3-12-13(5-11)19-14-6-15(21-16(12)14)9-4-10(17)8-18-7-9/h2-3,5-9,19H,4H2,1H3. The minimum atomic E-state index is -0.158. The number of fused-ring (bicyclic) bond motifs is 3. The Balaban J connectivity index is 1.80. The van der Waals surface area contributed by atoms with Gasteiger partial charge in [-0.05, 0) is 18.2 Å². The molecule has 2 aromatic heterocycles. The van der Waals surface area contributed by atoms with Crippen LogP contribution in [0.1, 0.15) is 17.2 Å². The number of aliphatic imine (C=N–C) groups is 1. The highest BCUT2D eigenvalue weighted by molar-refractivity contribution is 7.20. The molecule has 1 unspecified atom stereocenters. The maximum absolute atomic E-state index is 13.4. The molecule has 4 rings (SSSR count). The van der Waals surface area contributed by atoms with Crippen molar-refractivity contribution in [2.24, 2.45) is 4.99 Å². The Hall–Kier alpha value is -2.14. The predicted octanol–water partition coefficient (Wildman–Crippen LogP) is 4.76. The minimum absolute atomic E-state index is 0.0362. The quantitative estimate of drug-likeness (QED) is 0.728. The number of rotatable bonds is 2. The van der Waals surface area contributed by atoms with Gasteiger partial charge in [-0.1, -0.05) is 0 Å². The van der Waals surface area contributed by atoms with Gasteiger partial charge in [0.05, 0.1) is 29.0 Å². The number of nitrogens with one attached hydrogen (secondary N) is 1. The lowest BCUT2D eigenvalue weighted by Gasteiger charge is -2.10. The molecule has 1 N–H and O–H groups in total. The fourth-order valence-corrected chi connectivity index (χ4v) is 3.92. The second-order valence-electron chi connectivity index (χ2n) is 5.11. The average Bonchev–Trinajstić information content (AvgIpc) is 3.04. The molecule has 3 nitrogen and oxygen atoms in total. The normalized spacial score (nSPS) is 18.4. The number of ether oxygens (including phenoxy) is 1. The van der Waals surface area contributed by atoms with Gasteiger partial charge in [0.2, 0.25) is 0 Å². The Morgan fingerprint density at radius 2 is 2.24 bits per heavy atom. The first kappa shape index (κ1) is 12.6. The lowest BCUT2D eigenvalue weighted by Crippen LogP contribution is -2.01. The van der Waals surface area contributed by atoms with Crippen LogP contribution < -0.4 is 4.74 Å². The number of nitrogens with zero attached hydrogens (tertiary/aromatic N) is 1. The van der Waals surface area contributed by atoms with Gasteiger partial charge in [0.1, 0.15) is 11.6 Å². The predicted molar refractivity (Wildman–Crippen MR) is 85.3 cm³/mol. The van der Waals surface area contributed by atoms with E-state index in [1.165, 1.54) is 16.3 Å². The number of benzene rings is 1. The van der Waals surface area contributed by atoms with E-state index in [2.05, 4.69) is 22.1 Å². The summed E-state index contributed by atoms with van der Waals surface area (Å²) in [7, 11) is 1.66. The Morgan fingerprint density at radius 3 is 3.05 bits per heavy atom. The van der Waals surface area contributed by atoms with Crippen LogP contribution >= 0.6 is 11.3 Å². The lowest BCUT2D eigenvalue weighted by atomic mass is 10.0. The molecule has 3 heterocycles. The van der Waals surface area contributed by atoms with Crippen LogP contribution in [0.2, 0.25) is 0 Å². The van der Waals surface area contributed by atoms with Crippen LogP contribution in [0.3, 0.4) is 0 Å². The van der Waals surface area contributed by atoms with E-state index in [1.807, 2.05) is 18.3 Å². The van der Waals surface area contributed by atoms with Crippen molar-refractivity contribution in [2.75, 3.05) is 7.11 Å². The van der Waals surface area contributed by atoms with Crippen molar-refractivity contribution in [1.29, 1.82) is 0 Å². The van der Waals surface area contributed by atoms with Gasteiger partial charge in [0.15, 0.2) is 0 Å². The summed E-state index contributed by atoms with van der Waals surface area (Å²) in [5, 5.41) is 1.17. The molecule has 1 atom stereocenters. The van der Waals surface area contributed by atoms with Gasteiger partial charge in [-0.3, -0.25) is 4.99 Å². The van der Waals surface area contributed by atoms with Crippen molar-refractivity contribution in [2.45, 2.75) is 12.3 Å². The second kappa shape index (κ2) is 4.70. The summed E-state index contributed by atoms with van der Waals surface area (Å²) in [5.74, 6) is 0.714. The molecule has 106 valence electrons. The first-order chi connectivity index (χ1) is 10.2. The third-order valence-electron chi connectivity index (χ3n) is 3.75. The van der Waals surface area contributed by atoms with Crippen LogP contribution in [0.5, 0.6) is 5.75 Å². The van der Waals surface area contributed by atoms with E-state index in [1.54, 1.807) is 18.4 Å². The van der Waals surface area contributed by atoms with E-state index < -0.39 is 0 Å². The van der Waals surface area contributed by atoms with Crippen molar-refractivity contribution in [3.8, 4) is 5.75 Å². The molecule has 0 aliphatic carbocycles. The molecule has 5 heteroatoms. The monoisotopic (exact) mass is 300 g/mol. The van der Waals surface area contributed by atoms with Gasteiger partial charge >= 0.3 is 0 Å². The molecule has 1 aromatic carbocycles. The van der Waals surface area contributed by atoms with Crippen molar-refractivity contribution in [1.82, 2.24) is 4.98 Å². The van der Waals surface area contributed by atoms with E-state index in [4.69, 9.17) is 4.74 Å². The smallest absolute Gasteiger partial charge is 0.120 e. The third kappa shape index (κ3) is 2.05. The van der Waals surface area contributed by atoms with Crippen LogP contribution in [0.15, 0.2) is 41.3 Å². The summed E-state index contributed by atoms with van der Waals surface area (Å²) in [6, 6.07) is 8.11. The summed E-state index contributed by atoms with van der Waals surface area (Å²) in [5.41, 5.74) is 2.15. The van der Waals surface area contributed by atoms with Crippen LogP contribution in [0.4, 0.5) is 4.39 Å². The fraction of sp³-hybridized carbons (Fsp3) is 0.188. The Morgan fingerprint density at radius 1 is 1.33 bits per heavy atom. The fourth-order valence-electron chi connectivity index (χ4n) is 2.70. The molecule has 0 bridgehead atoms. The number of hydrogen-bond acceptors (Lipinski definition) is 3. The lowest BCUT2D eigenvalue weighted by molar-refractivity contribution is 0.415. The zero-order valence-corrected chi connectivity index (χ0v) is 12.2. The number of aromatic amines is 1. The van der Waals surface area contributed by atoms with E-state index in [-0.39, 0.29) is 11.7 Å². The Labute approximate surface area is 124 Å². The number of halogens is 1. The highest BCUT2D eigenvalue weighted by Crippen LogP contribution is 2.39. The summed E-state index contributed by atoms with van der Waals surface area (Å²) in [6.07, 6.45) is 3.51. The zero-order chi connectivity index (χ0) is 14.4. The van der Waals surface area contributed by atoms with E-state index in [9.17, 15) is 4.39 Å². The largest absolute Gasteiger partial charge is 0.497 e. The summed E-state index contributed by atoms with van der Waals surface area (Å²) >= 11 is 1.70. The van der Waals surface area contributed by atoms with Gasteiger partial charge in [-0.15, -0.1) is 11.3 Å². The van der Waals surface area contributed by atoms with Crippen molar-refractivity contribution >= 4 is 38.7 Å². The van der Waals surface area contributed by atoms with Crippen LogP contribution in [-0.2, 0) is 0 Å². The van der Waals surface area contributed by atoms with Crippen molar-refractivity contribution in [3.63, 3.8) is 0 Å². The van der Waals surface area contributed by atoms with Gasteiger partial charge in [0, 0.05) is 34.9 Å². The number of allylic oxidation sites excluding steroid dienone is 1. The van der Waals surface area contributed by atoms with Gasteiger partial charge in [-0.2, -0.15) is 0 Å². The average molecular weight is 300 g/mol. The number of methoxy groups -OCH3 is 1. The van der Waals surface area contributed by atoms with Gasteiger partial charge in [0.25, 0.3) is 0 Å². The zero-order valence-electron chi connectivity index (χ0n) is 11.4. The molecule has 3 aromatic rings. The molecule has 1 aliphatic rings. The molecule has 0 amide bonds. The highest BCUT2D eigenvalue weighted by atomic mass is 32.1. The van der Waals surface area contributed by atoms with Crippen molar-refractivity contribution < 1.29 is 9.13 Å². The molecule has 0 spiro atoms. The van der Waals surface area contributed by atoms with E-state index >= 15 is 0 Å². The van der Waals surface area contributed by atoms with E-state index in [0.29, 0.717) is 6.42 Å². The number of H-pyrrole nitrogens is 1. The number of thiophene rings is 1. The maximum atomic E-state index is 13.4. The first-order valence-corrected chi connectivity index (χ1v) is 7.53. The topological polar surface area (TPSA) is 37.4 Å². The van der Waals surface area contributed by atoms with Crippen LogP contribution in [0, 0.1) is 0 Å². The Bertz CT molecular complexity index is 890. The molecular weight excluding hydrogens is 287 g/mol. The van der Waals surface area contributed by atoms with Gasteiger partial charge in [-0.25, -0.2) is 4.39 Å². The maximum Gasteiger partial charge on any atom is 0.120 e. The van der Waals surface area contributed by atoms with Crippen LogP contribution in [-0.4, -0.2) is 18.3 Å². The summed E-state index contributed by atoms with van der Waals surface area (Å²) < 4.78 is 19.8. The molecular formula is C16H13FN2OS. The molecule has 0 fully saturated rings. The van der Waals surface area contributed by atoms with Gasteiger partial charge < -0.3 is 9.72 Å². The number of hydrogen-bond donors (Lipinski definition) is 1. The number of aromatic nitrogens is 1. The molecule has 0 radical (unpaired) electrons. The minimum Gasteiger partial charge on any atom is -0.497 e. The highest BCUT2D eigenvalue weighted by Gasteiger charge is 2.19. The summed E-state index contributed by atoms with van der Waals surface area (Å²) in [4.78, 5) is 8.51. The Kier molecular flexibility index (Phi) is 2.82. The van der Waals surface area contributed by atoms with Crippen molar-refractivity contribution in [3.05, 3.63) is 41.2 Å². The third-order valence-corrected chi connectivity index (χ3v) is 5.05. The molecule has 0 saturated heterocycles. The first-order valence-electron chi connectivity index (χ1n) is 6.71. The molecule has 0 saturated carbocycles. The SMILES string of the molecule is COc1ccc2c(c1)[nH]c1cc(C3C=NC=C(F)C3)sc12.